The number of hydrogen-bond donors (Lipinski definition) is 0. The topological polar surface area (TPSA) is 53.5 Å². The summed E-state index contributed by atoms with van der Waals surface area (Å²) in [5.74, 6) is 0. The predicted octanol–water partition coefficient (Wildman–Crippen LogP) is 15.7. The van der Waals surface area contributed by atoms with Crippen molar-refractivity contribution in [1.29, 1.82) is 0 Å². The molecule has 16 rings (SSSR count). The minimum absolute atomic E-state index is 0.646. The minimum Gasteiger partial charge on any atom is -0.308 e. The molecule has 0 N–H and O–H groups in total. The Morgan fingerprint density at radius 1 is 0.338 bits per heavy atom. The smallest absolute Gasteiger partial charge is 0.0939 e. The normalized spacial score (nSPS) is 14.8. The second kappa shape index (κ2) is 14.5. The Balaban J connectivity index is 0.886. The first-order valence-corrected chi connectivity index (χ1v) is 24.9. The van der Waals surface area contributed by atoms with Gasteiger partial charge in [-0.25, -0.2) is 0 Å². The summed E-state index contributed by atoms with van der Waals surface area (Å²) in [6.07, 6.45) is 7.87. The molecule has 1 aliphatic carbocycles. The lowest BCUT2D eigenvalue weighted by Crippen LogP contribution is -2.32. The lowest BCUT2D eigenvalue weighted by atomic mass is 9.67. The molecule has 7 heterocycles. The summed E-state index contributed by atoms with van der Waals surface area (Å²) in [5, 5.41) is 7.30. The maximum atomic E-state index is 5.36. The average molecular weight is 923 g/mol. The molecule has 2 aliphatic rings. The molecule has 14 aromatic rings. The van der Waals surface area contributed by atoms with Gasteiger partial charge in [-0.15, -0.1) is 0 Å². The number of hydrogen-bond acceptors (Lipinski definition) is 4. The summed E-state index contributed by atoms with van der Waals surface area (Å²) in [7, 11) is 0. The maximum Gasteiger partial charge on any atom is 0.0939 e. The molecule has 6 nitrogen and oxygen atoms in total. The number of benzene rings is 8. The number of rotatable bonds is 4. The van der Waals surface area contributed by atoms with Crippen LogP contribution in [0.2, 0.25) is 0 Å². The van der Waals surface area contributed by atoms with Crippen molar-refractivity contribution in [3.63, 3.8) is 0 Å². The van der Waals surface area contributed by atoms with E-state index in [2.05, 4.69) is 220 Å². The number of aromatic nitrogens is 6. The third-order valence-corrected chi connectivity index (χ3v) is 16.4. The summed E-state index contributed by atoms with van der Waals surface area (Å²) in [6, 6.07) is 75.5. The van der Waals surface area contributed by atoms with Crippen molar-refractivity contribution >= 4 is 77.2 Å². The third-order valence-electron chi connectivity index (χ3n) is 15.3. The number of para-hydroxylation sites is 5. The predicted molar refractivity (Wildman–Crippen MR) is 290 cm³/mol. The SMILES string of the molecule is c1ccc2c(c1)Sc1cc(-c3ccc4c(c3)c3ccccc3n4-c3ccncc3-n3c4ccccc4c4ccccc43)ccc1C21c2cccnc2-c2ncc(-n3c4ccccc4c4ccccc43)cc21. The van der Waals surface area contributed by atoms with Crippen molar-refractivity contribution < 1.29 is 0 Å². The van der Waals surface area contributed by atoms with E-state index in [1.807, 2.05) is 36.5 Å². The van der Waals surface area contributed by atoms with E-state index < -0.39 is 5.41 Å². The van der Waals surface area contributed by atoms with Gasteiger partial charge in [0.15, 0.2) is 0 Å². The highest BCUT2D eigenvalue weighted by atomic mass is 32.2. The lowest BCUT2D eigenvalue weighted by molar-refractivity contribution is 0.719. The van der Waals surface area contributed by atoms with Crippen molar-refractivity contribution in [3.05, 3.63) is 253 Å². The zero-order valence-electron chi connectivity index (χ0n) is 38.0. The van der Waals surface area contributed by atoms with Crippen LogP contribution in [-0.4, -0.2) is 28.7 Å². The van der Waals surface area contributed by atoms with Crippen LogP contribution in [0.4, 0.5) is 0 Å². The summed E-state index contributed by atoms with van der Waals surface area (Å²) >= 11 is 1.86. The standard InChI is InChI=1S/C64H38N6S/c1-7-21-52-42(14-1)43-15-2-8-22-53(43)68(52)41-36-51-63(67-37-41)62-50(20-13-32-66-62)64(51)48-19-6-12-26-60(48)71-61-35-40(27-29-49(61)64)39-28-30-57-47(34-39)46-18-5-11-25-56(46)69(57)58-31-33-65-38-59(58)70-54-23-9-3-16-44(54)45-17-4-10-24-55(45)70/h1-38H. The summed E-state index contributed by atoms with van der Waals surface area (Å²) in [5.41, 5.74) is 18.4. The molecule has 0 saturated heterocycles. The van der Waals surface area contributed by atoms with E-state index in [0.29, 0.717) is 0 Å². The largest absolute Gasteiger partial charge is 0.308 e. The fraction of sp³-hybridized carbons (Fsp3) is 0.0156. The Morgan fingerprint density at radius 2 is 0.859 bits per heavy atom. The Kier molecular flexibility index (Phi) is 7.94. The molecule has 0 bridgehead atoms. The molecule has 7 heteroatoms. The zero-order chi connectivity index (χ0) is 46.4. The van der Waals surface area contributed by atoms with Crippen LogP contribution in [0.5, 0.6) is 0 Å². The van der Waals surface area contributed by atoms with Gasteiger partial charge in [0.25, 0.3) is 0 Å². The van der Waals surface area contributed by atoms with E-state index >= 15 is 0 Å². The van der Waals surface area contributed by atoms with E-state index in [1.165, 1.54) is 64.4 Å². The fourth-order valence-electron chi connectivity index (χ4n) is 12.4. The zero-order valence-corrected chi connectivity index (χ0v) is 38.8. The van der Waals surface area contributed by atoms with Gasteiger partial charge in [-0.3, -0.25) is 15.0 Å². The van der Waals surface area contributed by atoms with E-state index in [4.69, 9.17) is 15.0 Å². The van der Waals surface area contributed by atoms with E-state index in [1.54, 1.807) is 0 Å². The summed E-state index contributed by atoms with van der Waals surface area (Å²) in [6.45, 7) is 0. The molecule has 1 unspecified atom stereocenters. The van der Waals surface area contributed by atoms with Gasteiger partial charge in [0.2, 0.25) is 0 Å². The molecule has 6 aromatic heterocycles. The Hall–Kier alpha value is -9.04. The average Bonchev–Trinajstić information content (AvgIpc) is 4.15. The van der Waals surface area contributed by atoms with Crippen LogP contribution in [0.15, 0.2) is 241 Å². The highest BCUT2D eigenvalue weighted by molar-refractivity contribution is 7.99. The molecule has 1 aliphatic heterocycles. The van der Waals surface area contributed by atoms with Gasteiger partial charge in [-0.05, 0) is 101 Å². The van der Waals surface area contributed by atoms with Gasteiger partial charge in [-0.2, -0.15) is 0 Å². The molecular formula is C64H38N6S. The molecule has 0 saturated carbocycles. The Labute approximate surface area is 411 Å². The maximum absolute atomic E-state index is 5.36. The first-order valence-electron chi connectivity index (χ1n) is 24.1. The van der Waals surface area contributed by atoms with Crippen molar-refractivity contribution in [1.82, 2.24) is 28.7 Å². The van der Waals surface area contributed by atoms with Crippen LogP contribution in [0.1, 0.15) is 22.3 Å². The van der Waals surface area contributed by atoms with Gasteiger partial charge in [0.1, 0.15) is 0 Å². The Bertz CT molecular complexity index is 4490. The van der Waals surface area contributed by atoms with Crippen LogP contribution in [-0.2, 0) is 5.41 Å². The van der Waals surface area contributed by atoms with Crippen molar-refractivity contribution in [2.24, 2.45) is 0 Å². The van der Waals surface area contributed by atoms with Crippen molar-refractivity contribution in [3.8, 4) is 39.6 Å². The minimum atomic E-state index is -0.646. The van der Waals surface area contributed by atoms with Crippen LogP contribution in [0.25, 0.3) is 105 Å². The van der Waals surface area contributed by atoms with Crippen LogP contribution >= 0.6 is 11.8 Å². The highest BCUT2D eigenvalue weighted by Crippen LogP contribution is 2.62. The molecule has 0 fully saturated rings. The van der Waals surface area contributed by atoms with E-state index in [9.17, 15) is 0 Å². The molecular weight excluding hydrogens is 885 g/mol. The second-order valence-corrected chi connectivity index (χ2v) is 19.8. The lowest BCUT2D eigenvalue weighted by Gasteiger charge is -2.39. The molecule has 1 spiro atoms. The first-order chi connectivity index (χ1) is 35.2. The van der Waals surface area contributed by atoms with Gasteiger partial charge in [0, 0.05) is 60.1 Å². The number of fused-ring (bicyclic) bond motifs is 18. The second-order valence-electron chi connectivity index (χ2n) is 18.7. The monoisotopic (exact) mass is 922 g/mol. The van der Waals surface area contributed by atoms with Crippen molar-refractivity contribution in [2.45, 2.75) is 15.2 Å². The van der Waals surface area contributed by atoms with Crippen molar-refractivity contribution in [2.75, 3.05) is 0 Å². The molecule has 1 atom stereocenters. The van der Waals surface area contributed by atoms with Crippen LogP contribution < -0.4 is 0 Å². The highest BCUT2D eigenvalue weighted by Gasteiger charge is 2.52. The summed E-state index contributed by atoms with van der Waals surface area (Å²) in [4.78, 5) is 17.6. The number of nitrogens with zero attached hydrogens (tertiary/aromatic N) is 6. The quantitative estimate of drug-likeness (QED) is 0.176. The third kappa shape index (κ3) is 5.20. The first kappa shape index (κ1) is 38.9. The Morgan fingerprint density at radius 3 is 1.55 bits per heavy atom. The van der Waals surface area contributed by atoms with E-state index in [0.717, 1.165) is 72.7 Å². The number of pyridine rings is 3. The molecule has 330 valence electrons. The van der Waals surface area contributed by atoms with Crippen LogP contribution in [0.3, 0.4) is 0 Å². The molecule has 71 heavy (non-hydrogen) atoms. The van der Waals surface area contributed by atoms with E-state index in [-0.39, 0.29) is 0 Å². The fourth-order valence-corrected chi connectivity index (χ4v) is 13.7. The molecule has 0 radical (unpaired) electrons. The molecule has 0 amide bonds. The van der Waals surface area contributed by atoms with Gasteiger partial charge < -0.3 is 13.7 Å². The van der Waals surface area contributed by atoms with Gasteiger partial charge >= 0.3 is 0 Å². The van der Waals surface area contributed by atoms with Crippen LogP contribution in [0, 0.1) is 0 Å². The summed E-state index contributed by atoms with van der Waals surface area (Å²) < 4.78 is 7.17. The molecule has 8 aromatic carbocycles. The van der Waals surface area contributed by atoms with Gasteiger partial charge in [-0.1, -0.05) is 145 Å². The van der Waals surface area contributed by atoms with Gasteiger partial charge in [0.05, 0.1) is 79.4 Å².